The predicted octanol–water partition coefficient (Wildman–Crippen LogP) is 5.88. The van der Waals surface area contributed by atoms with Crippen LogP contribution >= 0.6 is 7.26 Å². The summed E-state index contributed by atoms with van der Waals surface area (Å²) >= 11 is 0. The molecule has 0 saturated carbocycles. The largest absolute Gasteiger partial charge is 0.198 e. The van der Waals surface area contributed by atoms with Gasteiger partial charge in [-0.3, -0.25) is 0 Å². The van der Waals surface area contributed by atoms with Gasteiger partial charge < -0.3 is 0 Å². The van der Waals surface area contributed by atoms with Crippen LogP contribution < -0.4 is 15.9 Å². The molecule has 2 heteroatoms. The molecule has 0 N–H and O–H groups in total. The number of nitriles is 1. The van der Waals surface area contributed by atoms with Crippen LogP contribution in [0, 0.1) is 17.2 Å². The molecule has 0 heterocycles. The van der Waals surface area contributed by atoms with Crippen LogP contribution in [0.3, 0.4) is 0 Å². The predicted molar refractivity (Wildman–Crippen MR) is 134 cm³/mol. The molecule has 0 bridgehead atoms. The zero-order valence-electron chi connectivity index (χ0n) is 17.9. The Labute approximate surface area is 186 Å². The van der Waals surface area contributed by atoms with Crippen molar-refractivity contribution in [3.05, 3.63) is 126 Å². The Morgan fingerprint density at radius 3 is 1.55 bits per heavy atom. The van der Waals surface area contributed by atoms with E-state index in [-0.39, 0.29) is 5.92 Å². The molecule has 1 nitrogen and oxygen atoms in total. The number of nitrogens with zero attached hydrogens (tertiary/aromatic N) is 1. The summed E-state index contributed by atoms with van der Waals surface area (Å²) in [6, 6.07) is 44.1. The summed E-state index contributed by atoms with van der Waals surface area (Å²) in [5.74, 6) is 0.0205. The van der Waals surface area contributed by atoms with Crippen molar-refractivity contribution in [2.24, 2.45) is 5.92 Å². The maximum Gasteiger partial charge on any atom is 0.116 e. The van der Waals surface area contributed by atoms with E-state index in [1.807, 2.05) is 6.92 Å². The quantitative estimate of drug-likeness (QED) is 0.342. The van der Waals surface area contributed by atoms with Crippen LogP contribution in [0.2, 0.25) is 0 Å². The van der Waals surface area contributed by atoms with Crippen molar-refractivity contribution >= 4 is 23.2 Å². The molecule has 0 spiro atoms. The van der Waals surface area contributed by atoms with Crippen molar-refractivity contribution in [3.8, 4) is 6.07 Å². The SMILES string of the molecule is CC(C#N)Cc1cccc(C[P+](c2ccccc2)(c2ccccc2)c2ccccc2)c1. The molecule has 0 aliphatic rings. The summed E-state index contributed by atoms with van der Waals surface area (Å²) in [5, 5.41) is 13.4. The van der Waals surface area contributed by atoms with E-state index in [1.54, 1.807) is 0 Å². The van der Waals surface area contributed by atoms with Crippen LogP contribution in [0.25, 0.3) is 0 Å². The molecule has 0 amide bonds. The minimum Gasteiger partial charge on any atom is -0.198 e. The lowest BCUT2D eigenvalue weighted by molar-refractivity contribution is 0.738. The summed E-state index contributed by atoms with van der Waals surface area (Å²) in [4.78, 5) is 0. The molecule has 1 atom stereocenters. The van der Waals surface area contributed by atoms with Gasteiger partial charge in [-0.2, -0.15) is 5.26 Å². The molecule has 0 aromatic heterocycles. The van der Waals surface area contributed by atoms with Crippen LogP contribution in [-0.4, -0.2) is 0 Å². The van der Waals surface area contributed by atoms with Gasteiger partial charge in [-0.05, 0) is 60.9 Å². The normalized spacial score (nSPS) is 12.1. The van der Waals surface area contributed by atoms with Gasteiger partial charge in [-0.1, -0.05) is 78.9 Å². The second-order valence-corrected chi connectivity index (χ2v) is 11.5. The second-order valence-electron chi connectivity index (χ2n) is 8.03. The van der Waals surface area contributed by atoms with Gasteiger partial charge in [0.05, 0.1) is 12.2 Å². The molecule has 4 rings (SSSR count). The highest BCUT2D eigenvalue weighted by molar-refractivity contribution is 7.95. The van der Waals surface area contributed by atoms with Crippen LogP contribution in [0.1, 0.15) is 18.1 Å². The molecule has 0 fully saturated rings. The molecule has 0 aliphatic heterocycles. The van der Waals surface area contributed by atoms with E-state index in [4.69, 9.17) is 0 Å². The highest BCUT2D eigenvalue weighted by atomic mass is 31.2. The Balaban J connectivity index is 1.89. The number of benzene rings is 4. The van der Waals surface area contributed by atoms with Crippen molar-refractivity contribution in [2.45, 2.75) is 19.5 Å². The van der Waals surface area contributed by atoms with Crippen molar-refractivity contribution in [3.63, 3.8) is 0 Å². The van der Waals surface area contributed by atoms with Crippen molar-refractivity contribution in [2.75, 3.05) is 0 Å². The van der Waals surface area contributed by atoms with E-state index in [1.165, 1.54) is 27.0 Å². The molecule has 31 heavy (non-hydrogen) atoms. The van der Waals surface area contributed by atoms with Crippen LogP contribution in [0.15, 0.2) is 115 Å². The fraction of sp³-hybridized carbons (Fsp3) is 0.138. The Morgan fingerprint density at radius 2 is 1.10 bits per heavy atom. The zero-order chi connectivity index (χ0) is 21.5. The van der Waals surface area contributed by atoms with Gasteiger partial charge in [0.1, 0.15) is 23.2 Å². The van der Waals surface area contributed by atoms with Crippen molar-refractivity contribution in [1.82, 2.24) is 0 Å². The molecule has 152 valence electrons. The van der Waals surface area contributed by atoms with E-state index in [9.17, 15) is 5.26 Å². The zero-order valence-corrected chi connectivity index (χ0v) is 18.8. The molecule has 0 aliphatic carbocycles. The molecule has 4 aromatic carbocycles. The molecular formula is C29H27NP+. The third kappa shape index (κ3) is 4.61. The summed E-state index contributed by atoms with van der Waals surface area (Å²) in [6.07, 6.45) is 1.75. The maximum absolute atomic E-state index is 9.25. The summed E-state index contributed by atoms with van der Waals surface area (Å²) in [5.41, 5.74) is 2.56. The van der Waals surface area contributed by atoms with Crippen molar-refractivity contribution < 1.29 is 0 Å². The first kappa shape index (κ1) is 21.0. The van der Waals surface area contributed by atoms with Gasteiger partial charge in [0.2, 0.25) is 0 Å². The van der Waals surface area contributed by atoms with E-state index in [0.717, 1.165) is 12.6 Å². The third-order valence-corrected chi connectivity index (χ3v) is 10.1. The Hall–Kier alpha value is -3.20. The van der Waals surface area contributed by atoms with Gasteiger partial charge >= 0.3 is 0 Å². The van der Waals surface area contributed by atoms with Crippen LogP contribution in [0.4, 0.5) is 0 Å². The number of hydrogen-bond acceptors (Lipinski definition) is 1. The van der Waals surface area contributed by atoms with Crippen LogP contribution in [-0.2, 0) is 12.6 Å². The Bertz CT molecular complexity index is 1050. The van der Waals surface area contributed by atoms with Crippen molar-refractivity contribution in [1.29, 1.82) is 5.26 Å². The summed E-state index contributed by atoms with van der Waals surface area (Å²) in [7, 11) is -1.90. The molecular weight excluding hydrogens is 393 g/mol. The molecule has 0 saturated heterocycles. The fourth-order valence-electron chi connectivity index (χ4n) is 4.30. The molecule has 1 unspecified atom stereocenters. The highest BCUT2D eigenvalue weighted by Crippen LogP contribution is 2.58. The average Bonchev–Trinajstić information content (AvgIpc) is 2.84. The standard InChI is InChI=1S/C29H27NP/c1-24(22-30)20-25-12-11-13-26(21-25)23-31(27-14-5-2-6-15-27,28-16-7-3-8-17-28)29-18-9-4-10-19-29/h2-19,21,24H,20,23H2,1H3/q+1. The molecule has 0 radical (unpaired) electrons. The lowest BCUT2D eigenvalue weighted by Crippen LogP contribution is -2.32. The minimum atomic E-state index is -1.90. The summed E-state index contributed by atoms with van der Waals surface area (Å²) < 4.78 is 0. The first-order valence-corrected chi connectivity index (χ1v) is 12.7. The molecule has 4 aromatic rings. The monoisotopic (exact) mass is 420 g/mol. The Morgan fingerprint density at radius 1 is 0.645 bits per heavy atom. The van der Waals surface area contributed by atoms with Gasteiger partial charge in [-0.25, -0.2) is 0 Å². The third-order valence-electron chi connectivity index (χ3n) is 5.76. The Kier molecular flexibility index (Phi) is 6.61. The maximum atomic E-state index is 9.25. The minimum absolute atomic E-state index is 0.0205. The van der Waals surface area contributed by atoms with Gasteiger partial charge in [0.15, 0.2) is 0 Å². The highest BCUT2D eigenvalue weighted by Gasteiger charge is 2.45. The lowest BCUT2D eigenvalue weighted by Gasteiger charge is -2.28. The van der Waals surface area contributed by atoms with Gasteiger partial charge in [0.25, 0.3) is 0 Å². The second kappa shape index (κ2) is 9.74. The number of rotatable bonds is 7. The van der Waals surface area contributed by atoms with Gasteiger partial charge in [-0.15, -0.1) is 0 Å². The smallest absolute Gasteiger partial charge is 0.116 e. The van der Waals surface area contributed by atoms with Gasteiger partial charge in [0, 0.05) is 5.92 Å². The fourth-order valence-corrected chi connectivity index (χ4v) is 8.53. The van der Waals surface area contributed by atoms with E-state index in [0.29, 0.717) is 0 Å². The van der Waals surface area contributed by atoms with E-state index in [2.05, 4.69) is 121 Å². The summed E-state index contributed by atoms with van der Waals surface area (Å²) in [6.45, 7) is 1.99. The van der Waals surface area contributed by atoms with Crippen LogP contribution in [0.5, 0.6) is 0 Å². The first-order chi connectivity index (χ1) is 15.2. The van der Waals surface area contributed by atoms with E-state index >= 15 is 0 Å². The average molecular weight is 421 g/mol. The number of hydrogen-bond donors (Lipinski definition) is 0. The lowest BCUT2D eigenvalue weighted by atomic mass is 10.0. The van der Waals surface area contributed by atoms with E-state index < -0.39 is 7.26 Å². The first-order valence-electron chi connectivity index (χ1n) is 10.7. The topological polar surface area (TPSA) is 23.8 Å².